The second-order valence-corrected chi connectivity index (χ2v) is 6.17. The van der Waals surface area contributed by atoms with Gasteiger partial charge in [0, 0.05) is 5.69 Å². The molecule has 1 atom stereocenters. The molecule has 0 unspecified atom stereocenters. The van der Waals surface area contributed by atoms with Crippen LogP contribution in [-0.2, 0) is 9.53 Å². The molecule has 5 nitrogen and oxygen atoms in total. The van der Waals surface area contributed by atoms with Gasteiger partial charge >= 0.3 is 5.97 Å². The number of halogens is 1. The summed E-state index contributed by atoms with van der Waals surface area (Å²) >= 11 is 5.97. The lowest BCUT2D eigenvalue weighted by Crippen LogP contribution is -2.30. The second-order valence-electron chi connectivity index (χ2n) is 5.76. The van der Waals surface area contributed by atoms with Crippen molar-refractivity contribution >= 4 is 29.2 Å². The lowest BCUT2D eigenvalue weighted by molar-refractivity contribution is -0.122. The fraction of sp³-hybridized carbons (Fsp3) is 0.263. The summed E-state index contributed by atoms with van der Waals surface area (Å²) in [5.74, 6) is -0.274. The molecular formula is C19H20ClNO4. The maximum atomic E-state index is 12.3. The van der Waals surface area contributed by atoms with Crippen molar-refractivity contribution in [1.82, 2.24) is 0 Å². The van der Waals surface area contributed by atoms with Crippen LogP contribution < -0.4 is 10.1 Å². The Labute approximate surface area is 151 Å². The highest BCUT2D eigenvalue weighted by Crippen LogP contribution is 2.22. The van der Waals surface area contributed by atoms with Crippen molar-refractivity contribution in [2.45, 2.75) is 26.9 Å². The Hall–Kier alpha value is -2.53. The Morgan fingerprint density at radius 2 is 1.72 bits per heavy atom. The van der Waals surface area contributed by atoms with Crippen LogP contribution >= 0.6 is 11.6 Å². The minimum Gasteiger partial charge on any atom is -0.481 e. The number of esters is 1. The van der Waals surface area contributed by atoms with E-state index >= 15 is 0 Å². The van der Waals surface area contributed by atoms with Crippen LogP contribution in [0.4, 0.5) is 5.69 Å². The molecule has 2 aromatic carbocycles. The molecule has 0 radical (unpaired) electrons. The Morgan fingerprint density at radius 1 is 1.08 bits per heavy atom. The topological polar surface area (TPSA) is 64.6 Å². The fourth-order valence-electron chi connectivity index (χ4n) is 2.37. The third kappa shape index (κ3) is 4.97. The van der Waals surface area contributed by atoms with Gasteiger partial charge in [-0.05, 0) is 62.2 Å². The third-order valence-corrected chi connectivity index (χ3v) is 3.85. The SMILES string of the molecule is COC(=O)c1cc(NC(=O)[C@@H](C)Oc2cc(C)cc(C)c2)ccc1Cl. The molecule has 0 spiro atoms. The molecule has 6 heteroatoms. The number of anilines is 1. The number of amides is 1. The van der Waals surface area contributed by atoms with Gasteiger partial charge in [0.25, 0.3) is 5.91 Å². The van der Waals surface area contributed by atoms with E-state index in [0.29, 0.717) is 11.4 Å². The number of aryl methyl sites for hydroxylation is 2. The van der Waals surface area contributed by atoms with Crippen molar-refractivity contribution in [3.8, 4) is 5.75 Å². The van der Waals surface area contributed by atoms with Crippen molar-refractivity contribution < 1.29 is 19.1 Å². The molecule has 2 aromatic rings. The van der Waals surface area contributed by atoms with E-state index in [1.807, 2.05) is 32.0 Å². The van der Waals surface area contributed by atoms with E-state index in [1.165, 1.54) is 19.2 Å². The van der Waals surface area contributed by atoms with Gasteiger partial charge < -0.3 is 14.8 Å². The summed E-state index contributed by atoms with van der Waals surface area (Å²) in [6.45, 7) is 5.59. The molecule has 0 fully saturated rings. The summed E-state index contributed by atoms with van der Waals surface area (Å²) < 4.78 is 10.4. The first-order chi connectivity index (χ1) is 11.8. The van der Waals surface area contributed by atoms with E-state index in [0.717, 1.165) is 11.1 Å². The van der Waals surface area contributed by atoms with E-state index in [2.05, 4.69) is 10.1 Å². The zero-order valence-electron chi connectivity index (χ0n) is 14.6. The van der Waals surface area contributed by atoms with Crippen LogP contribution in [0.5, 0.6) is 5.75 Å². The van der Waals surface area contributed by atoms with Gasteiger partial charge in [-0.1, -0.05) is 17.7 Å². The molecule has 0 aliphatic heterocycles. The van der Waals surface area contributed by atoms with E-state index < -0.39 is 12.1 Å². The summed E-state index contributed by atoms with van der Waals surface area (Å²) in [5, 5.41) is 2.96. The smallest absolute Gasteiger partial charge is 0.339 e. The van der Waals surface area contributed by atoms with Crippen molar-refractivity contribution in [3.05, 3.63) is 58.1 Å². The highest BCUT2D eigenvalue weighted by Gasteiger charge is 2.17. The first kappa shape index (κ1) is 18.8. The Morgan fingerprint density at radius 3 is 2.32 bits per heavy atom. The minimum atomic E-state index is -0.710. The maximum absolute atomic E-state index is 12.3. The van der Waals surface area contributed by atoms with Gasteiger partial charge in [-0.25, -0.2) is 4.79 Å². The second kappa shape index (κ2) is 8.03. The van der Waals surface area contributed by atoms with Gasteiger partial charge in [0.15, 0.2) is 6.10 Å². The highest BCUT2D eigenvalue weighted by molar-refractivity contribution is 6.33. The molecule has 0 saturated heterocycles. The van der Waals surface area contributed by atoms with Gasteiger partial charge in [0.2, 0.25) is 0 Å². The molecule has 0 aromatic heterocycles. The molecule has 0 saturated carbocycles. The number of hydrogen-bond donors (Lipinski definition) is 1. The van der Waals surface area contributed by atoms with Crippen LogP contribution in [0.2, 0.25) is 5.02 Å². The summed E-state index contributed by atoms with van der Waals surface area (Å²) in [6, 6.07) is 10.4. The van der Waals surface area contributed by atoms with Crippen LogP contribution in [0.1, 0.15) is 28.4 Å². The van der Waals surface area contributed by atoms with Crippen molar-refractivity contribution in [2.75, 3.05) is 12.4 Å². The van der Waals surface area contributed by atoms with Crippen LogP contribution in [0.25, 0.3) is 0 Å². The predicted octanol–water partition coefficient (Wildman–Crippen LogP) is 4.15. The molecule has 1 N–H and O–H groups in total. The number of carbonyl (C=O) groups excluding carboxylic acids is 2. The molecule has 0 aliphatic rings. The summed E-state index contributed by atoms with van der Waals surface area (Å²) in [5.41, 5.74) is 2.74. The fourth-order valence-corrected chi connectivity index (χ4v) is 2.57. The van der Waals surface area contributed by atoms with Gasteiger partial charge in [-0.2, -0.15) is 0 Å². The summed E-state index contributed by atoms with van der Waals surface area (Å²) in [4.78, 5) is 24.0. The standard InChI is InChI=1S/C19H20ClNO4/c1-11-7-12(2)9-15(8-11)25-13(3)18(22)21-14-5-6-17(20)16(10-14)19(23)24-4/h5-10,13H,1-4H3,(H,21,22)/t13-/m1/s1. The van der Waals surface area contributed by atoms with E-state index in [-0.39, 0.29) is 16.5 Å². The minimum absolute atomic E-state index is 0.185. The monoisotopic (exact) mass is 361 g/mol. The van der Waals surface area contributed by atoms with Gasteiger partial charge in [-0.3, -0.25) is 4.79 Å². The zero-order valence-corrected chi connectivity index (χ0v) is 15.3. The molecule has 0 heterocycles. The van der Waals surface area contributed by atoms with Gasteiger partial charge in [-0.15, -0.1) is 0 Å². The number of hydrogen-bond acceptors (Lipinski definition) is 4. The van der Waals surface area contributed by atoms with Crippen LogP contribution in [0.3, 0.4) is 0 Å². The molecule has 25 heavy (non-hydrogen) atoms. The van der Waals surface area contributed by atoms with Crippen LogP contribution in [0, 0.1) is 13.8 Å². The number of benzene rings is 2. The molecular weight excluding hydrogens is 342 g/mol. The predicted molar refractivity (Wildman–Crippen MR) is 97.4 cm³/mol. The Kier molecular flexibility index (Phi) is 6.04. The third-order valence-electron chi connectivity index (χ3n) is 3.52. The largest absolute Gasteiger partial charge is 0.481 e. The molecule has 0 aliphatic carbocycles. The number of rotatable bonds is 5. The number of methoxy groups -OCH3 is 1. The molecule has 0 bridgehead atoms. The lowest BCUT2D eigenvalue weighted by atomic mass is 10.1. The normalized spacial score (nSPS) is 11.6. The first-order valence-corrected chi connectivity index (χ1v) is 8.11. The molecule has 132 valence electrons. The highest BCUT2D eigenvalue weighted by atomic mass is 35.5. The number of carbonyl (C=O) groups is 2. The van der Waals surface area contributed by atoms with Crippen molar-refractivity contribution in [3.63, 3.8) is 0 Å². The van der Waals surface area contributed by atoms with Crippen molar-refractivity contribution in [2.24, 2.45) is 0 Å². The van der Waals surface area contributed by atoms with Crippen LogP contribution in [-0.4, -0.2) is 25.1 Å². The summed E-state index contributed by atoms with van der Waals surface area (Å²) in [6.07, 6.45) is -0.710. The Bertz CT molecular complexity index is 784. The zero-order chi connectivity index (χ0) is 18.6. The summed E-state index contributed by atoms with van der Waals surface area (Å²) in [7, 11) is 1.27. The lowest BCUT2D eigenvalue weighted by Gasteiger charge is -2.16. The average molecular weight is 362 g/mol. The van der Waals surface area contributed by atoms with E-state index in [1.54, 1.807) is 13.0 Å². The average Bonchev–Trinajstić information content (AvgIpc) is 2.54. The number of ether oxygens (including phenoxy) is 2. The van der Waals surface area contributed by atoms with E-state index in [4.69, 9.17) is 16.3 Å². The Balaban J connectivity index is 2.09. The van der Waals surface area contributed by atoms with E-state index in [9.17, 15) is 9.59 Å². The maximum Gasteiger partial charge on any atom is 0.339 e. The molecule has 1 amide bonds. The quantitative estimate of drug-likeness (QED) is 0.812. The first-order valence-electron chi connectivity index (χ1n) is 7.74. The number of nitrogens with one attached hydrogen (secondary N) is 1. The molecule has 2 rings (SSSR count). The van der Waals surface area contributed by atoms with Crippen molar-refractivity contribution in [1.29, 1.82) is 0 Å². The van der Waals surface area contributed by atoms with Gasteiger partial charge in [0.05, 0.1) is 17.7 Å². The van der Waals surface area contributed by atoms with Crippen LogP contribution in [0.15, 0.2) is 36.4 Å². The van der Waals surface area contributed by atoms with Gasteiger partial charge in [0.1, 0.15) is 5.75 Å².